The number of rotatable bonds is 2. The fourth-order valence-corrected chi connectivity index (χ4v) is 4.92. The number of carbonyl (C=O) groups is 3. The van der Waals surface area contributed by atoms with Crippen molar-refractivity contribution in [3.05, 3.63) is 65.7 Å². The number of hydrogen-bond acceptors (Lipinski definition) is 4. The molecule has 0 N–H and O–H groups in total. The van der Waals surface area contributed by atoms with Gasteiger partial charge < -0.3 is 4.90 Å². The molecule has 0 bridgehead atoms. The standard InChI is InChI=1S/C23H20N2O3/c1-13-7-10-16(11-8-13)24-22(27)19-18-12-9-15-5-3-4-6-17(15)25(18)21(14(2)26)20(19)23(24)28/h3-12,18-21H,1-2H3/t18-,19-,20+,21+/m1/s1. The Morgan fingerprint density at radius 3 is 2.32 bits per heavy atom. The van der Waals surface area contributed by atoms with Gasteiger partial charge in [-0.2, -0.15) is 0 Å². The van der Waals surface area contributed by atoms with Crippen molar-refractivity contribution in [3.8, 4) is 0 Å². The van der Waals surface area contributed by atoms with Gasteiger partial charge in [-0.05, 0) is 37.6 Å². The van der Waals surface area contributed by atoms with Gasteiger partial charge in [-0.1, -0.05) is 48.0 Å². The van der Waals surface area contributed by atoms with Crippen molar-refractivity contribution in [3.63, 3.8) is 0 Å². The van der Waals surface area contributed by atoms with E-state index in [1.807, 2.05) is 60.4 Å². The third kappa shape index (κ3) is 2.16. The second kappa shape index (κ2) is 5.89. The number of hydrogen-bond donors (Lipinski definition) is 0. The molecule has 2 aromatic rings. The Morgan fingerprint density at radius 2 is 1.61 bits per heavy atom. The number of para-hydroxylation sites is 1. The van der Waals surface area contributed by atoms with Crippen LogP contribution < -0.4 is 9.80 Å². The molecule has 5 heteroatoms. The van der Waals surface area contributed by atoms with Crippen molar-refractivity contribution in [2.45, 2.75) is 25.9 Å². The maximum atomic E-state index is 13.4. The first-order chi connectivity index (χ1) is 13.5. The molecule has 2 saturated heterocycles. The minimum atomic E-state index is -0.660. The van der Waals surface area contributed by atoms with Crippen LogP contribution in [0.3, 0.4) is 0 Å². The molecule has 0 saturated carbocycles. The summed E-state index contributed by atoms with van der Waals surface area (Å²) in [6.07, 6.45) is 3.95. The molecular formula is C23H20N2O3. The van der Waals surface area contributed by atoms with Gasteiger partial charge in [-0.3, -0.25) is 14.4 Å². The molecular weight excluding hydrogens is 352 g/mol. The first-order valence-electron chi connectivity index (χ1n) is 9.49. The van der Waals surface area contributed by atoms with Crippen molar-refractivity contribution < 1.29 is 14.4 Å². The number of aryl methyl sites for hydroxylation is 1. The van der Waals surface area contributed by atoms with Gasteiger partial charge in [-0.25, -0.2) is 4.90 Å². The minimum absolute atomic E-state index is 0.0884. The number of carbonyl (C=O) groups excluding carboxylic acids is 3. The number of imide groups is 1. The van der Waals surface area contributed by atoms with Gasteiger partial charge in [-0.15, -0.1) is 0 Å². The van der Waals surface area contributed by atoms with E-state index in [0.717, 1.165) is 16.8 Å². The Morgan fingerprint density at radius 1 is 0.929 bits per heavy atom. The Hall–Kier alpha value is -3.21. The molecule has 3 heterocycles. The molecule has 5 rings (SSSR count). The maximum absolute atomic E-state index is 13.4. The Bertz CT molecular complexity index is 1040. The molecule has 3 aliphatic rings. The lowest BCUT2D eigenvalue weighted by Crippen LogP contribution is -2.48. The van der Waals surface area contributed by atoms with Crippen molar-refractivity contribution in [1.82, 2.24) is 0 Å². The van der Waals surface area contributed by atoms with Gasteiger partial charge in [0.05, 0.1) is 23.6 Å². The van der Waals surface area contributed by atoms with Crippen molar-refractivity contribution in [1.29, 1.82) is 0 Å². The Kier molecular flexibility index (Phi) is 3.56. The average molecular weight is 372 g/mol. The average Bonchev–Trinajstić information content (AvgIpc) is 3.16. The summed E-state index contributed by atoms with van der Waals surface area (Å²) in [6, 6.07) is 14.2. The molecule has 2 aromatic carbocycles. The van der Waals surface area contributed by atoms with E-state index in [4.69, 9.17) is 0 Å². The Labute approximate surface area is 163 Å². The normalized spacial score (nSPS) is 27.6. The van der Waals surface area contributed by atoms with Crippen LogP contribution in [-0.2, 0) is 14.4 Å². The van der Waals surface area contributed by atoms with Gasteiger partial charge in [0, 0.05) is 5.69 Å². The molecule has 2 fully saturated rings. The zero-order chi connectivity index (χ0) is 19.6. The smallest absolute Gasteiger partial charge is 0.240 e. The second-order valence-corrected chi connectivity index (χ2v) is 7.77. The largest absolute Gasteiger partial charge is 0.353 e. The van der Waals surface area contributed by atoms with E-state index in [2.05, 4.69) is 0 Å². The molecule has 28 heavy (non-hydrogen) atoms. The van der Waals surface area contributed by atoms with Crippen LogP contribution in [0.25, 0.3) is 6.08 Å². The van der Waals surface area contributed by atoms with Crippen molar-refractivity contribution >= 4 is 35.0 Å². The third-order valence-corrected chi connectivity index (χ3v) is 6.12. The molecule has 0 spiro atoms. The van der Waals surface area contributed by atoms with E-state index in [-0.39, 0.29) is 23.6 Å². The number of ketones is 1. The highest BCUT2D eigenvalue weighted by Crippen LogP contribution is 2.49. The fourth-order valence-electron chi connectivity index (χ4n) is 4.92. The van der Waals surface area contributed by atoms with E-state index < -0.39 is 17.9 Å². The molecule has 0 aromatic heterocycles. The van der Waals surface area contributed by atoms with E-state index >= 15 is 0 Å². The number of fused-ring (bicyclic) bond motifs is 5. The first-order valence-corrected chi connectivity index (χ1v) is 9.49. The van der Waals surface area contributed by atoms with Gasteiger partial charge in [0.1, 0.15) is 6.04 Å². The summed E-state index contributed by atoms with van der Waals surface area (Å²) in [7, 11) is 0. The fraction of sp³-hybridized carbons (Fsp3) is 0.261. The molecule has 2 amide bonds. The van der Waals surface area contributed by atoms with E-state index in [1.165, 1.54) is 11.8 Å². The maximum Gasteiger partial charge on any atom is 0.240 e. The molecule has 4 atom stereocenters. The summed E-state index contributed by atoms with van der Waals surface area (Å²) in [5, 5.41) is 0. The van der Waals surface area contributed by atoms with Gasteiger partial charge >= 0.3 is 0 Å². The van der Waals surface area contributed by atoms with Gasteiger partial charge in [0.15, 0.2) is 5.78 Å². The summed E-state index contributed by atoms with van der Waals surface area (Å²) in [4.78, 5) is 42.6. The second-order valence-electron chi connectivity index (χ2n) is 7.77. The molecule has 0 unspecified atom stereocenters. The van der Waals surface area contributed by atoms with E-state index in [0.29, 0.717) is 5.69 Å². The SMILES string of the molecule is CC(=O)[C@H]1[C@H]2C(=O)N(c3ccc(C)cc3)C(=O)[C@@H]2[C@H]2C=Cc3ccccc3N21. The van der Waals surface area contributed by atoms with Crippen LogP contribution in [0.1, 0.15) is 18.1 Å². The highest BCUT2D eigenvalue weighted by Gasteiger charge is 2.63. The first kappa shape index (κ1) is 16.9. The number of Topliss-reactive ketones (excluding diaryl/α,β-unsaturated/α-hetero) is 1. The quantitative estimate of drug-likeness (QED) is 0.761. The third-order valence-electron chi connectivity index (χ3n) is 6.12. The number of benzene rings is 2. The lowest BCUT2D eigenvalue weighted by molar-refractivity contribution is -0.126. The lowest BCUT2D eigenvalue weighted by atomic mass is 9.88. The van der Waals surface area contributed by atoms with Crippen LogP contribution >= 0.6 is 0 Å². The molecule has 3 aliphatic heterocycles. The summed E-state index contributed by atoms with van der Waals surface area (Å²) in [5.74, 6) is -1.80. The zero-order valence-corrected chi connectivity index (χ0v) is 15.7. The van der Waals surface area contributed by atoms with Crippen LogP contribution in [0.2, 0.25) is 0 Å². The molecule has 5 nitrogen and oxygen atoms in total. The van der Waals surface area contributed by atoms with Crippen molar-refractivity contribution in [2.75, 3.05) is 9.80 Å². The number of anilines is 2. The number of nitrogens with zero attached hydrogens (tertiary/aromatic N) is 2. The summed E-state index contributed by atoms with van der Waals surface area (Å²) in [5.41, 5.74) is 3.54. The van der Waals surface area contributed by atoms with Crippen LogP contribution in [-0.4, -0.2) is 29.7 Å². The van der Waals surface area contributed by atoms with E-state index in [1.54, 1.807) is 12.1 Å². The lowest BCUT2D eigenvalue weighted by Gasteiger charge is -2.36. The van der Waals surface area contributed by atoms with Crippen LogP contribution in [0.4, 0.5) is 11.4 Å². The van der Waals surface area contributed by atoms with Crippen LogP contribution in [0.15, 0.2) is 54.6 Å². The zero-order valence-electron chi connectivity index (χ0n) is 15.7. The highest BCUT2D eigenvalue weighted by atomic mass is 16.2. The monoisotopic (exact) mass is 372 g/mol. The minimum Gasteiger partial charge on any atom is -0.353 e. The summed E-state index contributed by atoms with van der Waals surface area (Å²) < 4.78 is 0. The van der Waals surface area contributed by atoms with Crippen molar-refractivity contribution in [2.24, 2.45) is 11.8 Å². The topological polar surface area (TPSA) is 57.7 Å². The predicted octanol–water partition coefficient (Wildman–Crippen LogP) is 2.97. The van der Waals surface area contributed by atoms with Crippen LogP contribution in [0.5, 0.6) is 0 Å². The summed E-state index contributed by atoms with van der Waals surface area (Å²) in [6.45, 7) is 3.47. The van der Waals surface area contributed by atoms with Gasteiger partial charge in [0.25, 0.3) is 0 Å². The predicted molar refractivity (Wildman–Crippen MR) is 107 cm³/mol. The Balaban J connectivity index is 1.62. The number of amides is 2. The summed E-state index contributed by atoms with van der Waals surface area (Å²) >= 11 is 0. The molecule has 0 radical (unpaired) electrons. The van der Waals surface area contributed by atoms with Gasteiger partial charge in [0.2, 0.25) is 11.8 Å². The van der Waals surface area contributed by atoms with E-state index in [9.17, 15) is 14.4 Å². The van der Waals surface area contributed by atoms with Crippen LogP contribution in [0, 0.1) is 18.8 Å². The highest BCUT2D eigenvalue weighted by molar-refractivity contribution is 6.24. The molecule has 0 aliphatic carbocycles. The molecule has 140 valence electrons.